The highest BCUT2D eigenvalue weighted by Gasteiger charge is 2.22. The third-order valence-electron chi connectivity index (χ3n) is 5.26. The number of amides is 1. The molecule has 0 bridgehead atoms. The quantitative estimate of drug-likeness (QED) is 0.421. The Morgan fingerprint density at radius 1 is 0.939 bits per heavy atom. The molecule has 3 aromatic carbocycles. The fourth-order valence-electron chi connectivity index (χ4n) is 3.51. The van der Waals surface area contributed by atoms with Crippen LogP contribution in [-0.2, 0) is 10.0 Å². The lowest BCUT2D eigenvalue weighted by molar-refractivity contribution is 0.0941. The third-order valence-corrected chi connectivity index (χ3v) is 6.66. The zero-order valence-electron chi connectivity index (χ0n) is 18.1. The Morgan fingerprint density at radius 2 is 1.67 bits per heavy atom. The molecule has 1 atom stereocenters. The lowest BCUT2D eigenvalue weighted by Gasteiger charge is -2.17. The van der Waals surface area contributed by atoms with Crippen molar-refractivity contribution in [1.82, 2.24) is 10.3 Å². The maximum Gasteiger partial charge on any atom is 0.264 e. The van der Waals surface area contributed by atoms with E-state index in [1.807, 2.05) is 31.2 Å². The van der Waals surface area contributed by atoms with Gasteiger partial charge < -0.3 is 10.1 Å². The maximum absolute atomic E-state index is 13.2. The highest BCUT2D eigenvalue weighted by molar-refractivity contribution is 7.93. The molecule has 1 heterocycles. The third kappa shape index (κ3) is 4.80. The standard InChI is InChI=1S/C25H23N3O4S/c1-17(18-12-14-20(32-2)15-13-18)27-25(29)21-9-3-4-10-22(21)28-33(30,31)23-11-5-7-19-8-6-16-26-24(19)23/h3-17,28H,1-2H3,(H,27,29)/t17-/m0/s1. The number of sulfonamides is 1. The van der Waals surface area contributed by atoms with Gasteiger partial charge in [0.2, 0.25) is 0 Å². The van der Waals surface area contributed by atoms with Gasteiger partial charge in [-0.3, -0.25) is 14.5 Å². The monoisotopic (exact) mass is 461 g/mol. The van der Waals surface area contributed by atoms with Gasteiger partial charge in [-0.2, -0.15) is 0 Å². The summed E-state index contributed by atoms with van der Waals surface area (Å²) in [5.74, 6) is 0.326. The predicted octanol–water partition coefficient (Wildman–Crippen LogP) is 4.54. The number of anilines is 1. The second kappa shape index (κ2) is 9.30. The summed E-state index contributed by atoms with van der Waals surface area (Å²) in [5, 5.41) is 3.63. The summed E-state index contributed by atoms with van der Waals surface area (Å²) in [7, 11) is -2.40. The number of hydrogen-bond donors (Lipinski definition) is 2. The largest absolute Gasteiger partial charge is 0.497 e. The van der Waals surface area contributed by atoms with E-state index in [1.165, 1.54) is 6.07 Å². The smallest absolute Gasteiger partial charge is 0.264 e. The van der Waals surface area contributed by atoms with Crippen molar-refractivity contribution in [2.45, 2.75) is 17.9 Å². The molecule has 7 nitrogen and oxygen atoms in total. The number of carbonyl (C=O) groups excluding carboxylic acids is 1. The zero-order valence-corrected chi connectivity index (χ0v) is 19.0. The van der Waals surface area contributed by atoms with Crippen LogP contribution in [0, 0.1) is 0 Å². The Labute approximate surface area is 192 Å². The van der Waals surface area contributed by atoms with Crippen LogP contribution in [0.15, 0.2) is 90.0 Å². The van der Waals surface area contributed by atoms with Gasteiger partial charge in [0.25, 0.3) is 15.9 Å². The Kier molecular flexibility index (Phi) is 6.28. The molecule has 0 saturated carbocycles. The van der Waals surface area contributed by atoms with E-state index in [0.29, 0.717) is 10.9 Å². The van der Waals surface area contributed by atoms with Crippen LogP contribution in [0.25, 0.3) is 10.9 Å². The lowest BCUT2D eigenvalue weighted by atomic mass is 10.1. The van der Waals surface area contributed by atoms with Gasteiger partial charge in [0.15, 0.2) is 0 Å². The first-order valence-corrected chi connectivity index (χ1v) is 11.8. The Hall–Kier alpha value is -3.91. The van der Waals surface area contributed by atoms with E-state index >= 15 is 0 Å². The van der Waals surface area contributed by atoms with Crippen LogP contribution in [-0.4, -0.2) is 26.4 Å². The van der Waals surface area contributed by atoms with Crippen LogP contribution in [0.2, 0.25) is 0 Å². The number of fused-ring (bicyclic) bond motifs is 1. The van der Waals surface area contributed by atoms with Crippen molar-refractivity contribution in [3.05, 3.63) is 96.2 Å². The van der Waals surface area contributed by atoms with Crippen molar-refractivity contribution in [2.24, 2.45) is 0 Å². The molecule has 1 aromatic heterocycles. The predicted molar refractivity (Wildman–Crippen MR) is 128 cm³/mol. The molecule has 168 valence electrons. The lowest BCUT2D eigenvalue weighted by Crippen LogP contribution is -2.28. The number of nitrogens with zero attached hydrogens (tertiary/aromatic N) is 1. The van der Waals surface area contributed by atoms with Gasteiger partial charge in [-0.15, -0.1) is 0 Å². The van der Waals surface area contributed by atoms with Gasteiger partial charge in [-0.1, -0.05) is 42.5 Å². The van der Waals surface area contributed by atoms with Crippen molar-refractivity contribution in [2.75, 3.05) is 11.8 Å². The highest BCUT2D eigenvalue weighted by Crippen LogP contribution is 2.25. The van der Waals surface area contributed by atoms with Crippen molar-refractivity contribution in [3.8, 4) is 5.75 Å². The minimum Gasteiger partial charge on any atom is -0.497 e. The van der Waals surface area contributed by atoms with E-state index in [0.717, 1.165) is 11.3 Å². The average molecular weight is 462 g/mol. The van der Waals surface area contributed by atoms with Crippen LogP contribution >= 0.6 is 0 Å². The molecule has 0 aliphatic heterocycles. The molecule has 1 amide bonds. The normalized spacial score (nSPS) is 12.2. The highest BCUT2D eigenvalue weighted by atomic mass is 32.2. The summed E-state index contributed by atoms with van der Waals surface area (Å²) >= 11 is 0. The Balaban J connectivity index is 1.59. The van der Waals surface area contributed by atoms with Gasteiger partial charge in [0.05, 0.1) is 29.9 Å². The molecule has 33 heavy (non-hydrogen) atoms. The minimum absolute atomic E-state index is 0.0439. The van der Waals surface area contributed by atoms with Crippen molar-refractivity contribution in [3.63, 3.8) is 0 Å². The molecule has 8 heteroatoms. The number of para-hydroxylation sites is 2. The van der Waals surface area contributed by atoms with Crippen molar-refractivity contribution in [1.29, 1.82) is 0 Å². The fourth-order valence-corrected chi connectivity index (χ4v) is 4.77. The zero-order chi connectivity index (χ0) is 23.4. The summed E-state index contributed by atoms with van der Waals surface area (Å²) < 4.78 is 34.1. The van der Waals surface area contributed by atoms with Gasteiger partial charge in [-0.25, -0.2) is 8.42 Å². The number of hydrogen-bond acceptors (Lipinski definition) is 5. The number of aromatic nitrogens is 1. The van der Waals surface area contributed by atoms with Gasteiger partial charge in [0, 0.05) is 11.6 Å². The number of carbonyl (C=O) groups is 1. The second-order valence-corrected chi connectivity index (χ2v) is 9.10. The Bertz CT molecular complexity index is 1400. The van der Waals surface area contributed by atoms with E-state index in [2.05, 4.69) is 15.0 Å². The van der Waals surface area contributed by atoms with Crippen LogP contribution in [0.1, 0.15) is 28.9 Å². The summed E-state index contributed by atoms with van der Waals surface area (Å²) in [6.07, 6.45) is 1.54. The number of methoxy groups -OCH3 is 1. The molecular formula is C25H23N3O4S. The van der Waals surface area contributed by atoms with E-state index in [9.17, 15) is 13.2 Å². The number of ether oxygens (including phenoxy) is 1. The molecule has 0 unspecified atom stereocenters. The van der Waals surface area contributed by atoms with Crippen LogP contribution in [0.3, 0.4) is 0 Å². The summed E-state index contributed by atoms with van der Waals surface area (Å²) in [5.41, 5.74) is 1.66. The van der Waals surface area contributed by atoms with Gasteiger partial charge in [0.1, 0.15) is 10.6 Å². The van der Waals surface area contributed by atoms with Crippen LogP contribution < -0.4 is 14.8 Å². The molecule has 0 spiro atoms. The first kappa shape index (κ1) is 22.3. The van der Waals surface area contributed by atoms with E-state index < -0.39 is 15.9 Å². The number of nitrogens with one attached hydrogen (secondary N) is 2. The van der Waals surface area contributed by atoms with Gasteiger partial charge in [-0.05, 0) is 48.9 Å². The topological polar surface area (TPSA) is 97.4 Å². The molecule has 0 aliphatic rings. The first-order chi connectivity index (χ1) is 15.9. The van der Waals surface area contributed by atoms with Crippen LogP contribution in [0.5, 0.6) is 5.75 Å². The number of pyridine rings is 1. The van der Waals surface area contributed by atoms with Crippen molar-refractivity contribution < 1.29 is 17.9 Å². The molecule has 4 rings (SSSR count). The number of rotatable bonds is 7. The SMILES string of the molecule is COc1ccc([C@H](C)NC(=O)c2ccccc2NS(=O)(=O)c2cccc3cccnc23)cc1. The molecular weight excluding hydrogens is 438 g/mol. The van der Waals surface area contributed by atoms with E-state index in [-0.39, 0.29) is 22.2 Å². The maximum atomic E-state index is 13.2. The first-order valence-electron chi connectivity index (χ1n) is 10.3. The fraction of sp³-hybridized carbons (Fsp3) is 0.120. The average Bonchev–Trinajstić information content (AvgIpc) is 2.83. The second-order valence-electron chi connectivity index (χ2n) is 7.45. The summed E-state index contributed by atoms with van der Waals surface area (Å²) in [6, 6.07) is 22.1. The van der Waals surface area contributed by atoms with Crippen LogP contribution in [0.4, 0.5) is 5.69 Å². The molecule has 4 aromatic rings. The molecule has 0 saturated heterocycles. The molecule has 0 fully saturated rings. The minimum atomic E-state index is -3.99. The van der Waals surface area contributed by atoms with E-state index in [4.69, 9.17) is 4.74 Å². The number of benzene rings is 3. The van der Waals surface area contributed by atoms with Crippen molar-refractivity contribution >= 4 is 32.5 Å². The Morgan fingerprint density at radius 3 is 2.42 bits per heavy atom. The summed E-state index contributed by atoms with van der Waals surface area (Å²) in [6.45, 7) is 1.86. The molecule has 0 aliphatic carbocycles. The molecule has 0 radical (unpaired) electrons. The van der Waals surface area contributed by atoms with Gasteiger partial charge >= 0.3 is 0 Å². The summed E-state index contributed by atoms with van der Waals surface area (Å²) in [4.78, 5) is 17.3. The van der Waals surface area contributed by atoms with E-state index in [1.54, 1.807) is 61.8 Å². The molecule has 2 N–H and O–H groups in total.